The average molecular weight is 461 g/mol. The van der Waals surface area contributed by atoms with E-state index in [1.165, 1.54) is 30.5 Å². The van der Waals surface area contributed by atoms with Gasteiger partial charge >= 0.3 is 5.97 Å². The lowest BCUT2D eigenvalue weighted by atomic mass is 9.96. The number of phenolic OH excluding ortho intramolecular Hbond substituents is 1. The highest BCUT2D eigenvalue weighted by atomic mass is 35.5. The molecule has 0 spiro atoms. The van der Waals surface area contributed by atoms with E-state index in [1.54, 1.807) is 25.1 Å². The number of carboxylic acid groups (broad SMARTS) is 1. The second-order valence-electron chi connectivity index (χ2n) is 7.65. The molecule has 9 heteroatoms. The van der Waals surface area contributed by atoms with Gasteiger partial charge in [-0.3, -0.25) is 19.0 Å². The summed E-state index contributed by atoms with van der Waals surface area (Å²) in [6.45, 7) is 4.45. The Morgan fingerprint density at radius 1 is 1.19 bits per heavy atom. The number of carboxylic acids is 1. The molecule has 0 fully saturated rings. The molecule has 0 saturated carbocycles. The summed E-state index contributed by atoms with van der Waals surface area (Å²) in [5.74, 6) is -5.36. The Kier molecular flexibility index (Phi) is 6.55. The number of aliphatic carboxylic acids is 1. The molecule has 168 valence electrons. The number of amides is 1. The van der Waals surface area contributed by atoms with E-state index in [1.807, 2.05) is 0 Å². The van der Waals surface area contributed by atoms with Crippen LogP contribution in [-0.4, -0.2) is 39.1 Å². The van der Waals surface area contributed by atoms with Crippen LogP contribution < -0.4 is 5.32 Å². The molecular formula is C23H22ClFN2O5. The number of phenols is 1. The van der Waals surface area contributed by atoms with Gasteiger partial charge in [-0.15, -0.1) is 0 Å². The monoisotopic (exact) mass is 460 g/mol. The van der Waals surface area contributed by atoms with Crippen molar-refractivity contribution in [2.75, 3.05) is 6.54 Å². The smallest absolute Gasteiger partial charge is 0.308 e. The Labute approximate surface area is 188 Å². The number of hydrogen-bond donors (Lipinski definition) is 3. The maximum Gasteiger partial charge on any atom is 0.308 e. The van der Waals surface area contributed by atoms with Gasteiger partial charge < -0.3 is 15.5 Å². The summed E-state index contributed by atoms with van der Waals surface area (Å²) in [7, 11) is 0. The summed E-state index contributed by atoms with van der Waals surface area (Å²) in [4.78, 5) is 37.1. The largest absolute Gasteiger partial charge is 0.505 e. The van der Waals surface area contributed by atoms with E-state index < -0.39 is 41.2 Å². The number of fused-ring (bicyclic) bond motifs is 1. The van der Waals surface area contributed by atoms with Crippen LogP contribution in [0.25, 0.3) is 10.9 Å². The highest BCUT2D eigenvalue weighted by molar-refractivity contribution is 6.31. The molecule has 1 unspecified atom stereocenters. The first kappa shape index (κ1) is 23.3. The SMILES string of the molecule is Cc1c([C@H](C)C(=O)NCC(C)C(=O)O)c2c(F)c(O)ccc2n1C(=O)c1cccc(Cl)c1. The number of nitrogens with zero attached hydrogens (tertiary/aromatic N) is 1. The number of carbonyl (C=O) groups excluding carboxylic acids is 2. The van der Waals surface area contributed by atoms with Gasteiger partial charge in [0.05, 0.1) is 17.4 Å². The van der Waals surface area contributed by atoms with Crippen molar-refractivity contribution in [1.82, 2.24) is 9.88 Å². The van der Waals surface area contributed by atoms with Crippen molar-refractivity contribution in [3.05, 3.63) is 64.1 Å². The van der Waals surface area contributed by atoms with Crippen LogP contribution in [0, 0.1) is 18.7 Å². The summed E-state index contributed by atoms with van der Waals surface area (Å²) in [5.41, 5.74) is 1.01. The third-order valence-electron chi connectivity index (χ3n) is 5.44. The lowest BCUT2D eigenvalue weighted by molar-refractivity contribution is -0.141. The Balaban J connectivity index is 2.13. The zero-order valence-corrected chi connectivity index (χ0v) is 18.4. The minimum atomic E-state index is -1.06. The van der Waals surface area contributed by atoms with Crippen LogP contribution in [-0.2, 0) is 9.59 Å². The van der Waals surface area contributed by atoms with Gasteiger partial charge in [-0.2, -0.15) is 0 Å². The van der Waals surface area contributed by atoms with Gasteiger partial charge in [0, 0.05) is 28.2 Å². The van der Waals surface area contributed by atoms with Crippen LogP contribution in [0.3, 0.4) is 0 Å². The van der Waals surface area contributed by atoms with Crippen LogP contribution in [0.5, 0.6) is 5.75 Å². The molecular weight excluding hydrogens is 439 g/mol. The van der Waals surface area contributed by atoms with Gasteiger partial charge in [0.25, 0.3) is 5.91 Å². The number of aromatic hydroxyl groups is 1. The van der Waals surface area contributed by atoms with E-state index in [9.17, 15) is 19.5 Å². The third kappa shape index (κ3) is 4.18. The predicted octanol–water partition coefficient (Wildman–Crippen LogP) is 4.08. The van der Waals surface area contributed by atoms with Crippen LogP contribution in [0.15, 0.2) is 36.4 Å². The molecule has 32 heavy (non-hydrogen) atoms. The van der Waals surface area contributed by atoms with Gasteiger partial charge in [-0.1, -0.05) is 24.6 Å². The maximum atomic E-state index is 15.0. The molecule has 3 rings (SSSR count). The van der Waals surface area contributed by atoms with Crippen LogP contribution in [0.4, 0.5) is 4.39 Å². The summed E-state index contributed by atoms with van der Waals surface area (Å²) in [5, 5.41) is 21.8. The molecule has 0 radical (unpaired) electrons. The molecule has 0 aliphatic heterocycles. The van der Waals surface area contributed by atoms with Crippen molar-refractivity contribution >= 4 is 40.3 Å². The second-order valence-corrected chi connectivity index (χ2v) is 8.09. The minimum Gasteiger partial charge on any atom is -0.505 e. The van der Waals surface area contributed by atoms with E-state index in [2.05, 4.69) is 5.32 Å². The molecule has 3 N–H and O–H groups in total. The van der Waals surface area contributed by atoms with Crippen molar-refractivity contribution in [3.63, 3.8) is 0 Å². The van der Waals surface area contributed by atoms with E-state index in [0.717, 1.165) is 6.07 Å². The molecule has 1 amide bonds. The molecule has 7 nitrogen and oxygen atoms in total. The van der Waals surface area contributed by atoms with Crippen molar-refractivity contribution in [3.8, 4) is 5.75 Å². The molecule has 3 aromatic rings. The minimum absolute atomic E-state index is 0.0492. The fourth-order valence-electron chi connectivity index (χ4n) is 3.65. The fourth-order valence-corrected chi connectivity index (χ4v) is 3.84. The zero-order chi connectivity index (χ0) is 23.7. The fraction of sp³-hybridized carbons (Fsp3) is 0.261. The van der Waals surface area contributed by atoms with E-state index in [4.69, 9.17) is 16.7 Å². The molecule has 0 aliphatic rings. The first-order chi connectivity index (χ1) is 15.0. The van der Waals surface area contributed by atoms with Gasteiger partial charge in [-0.05, 0) is 49.7 Å². The molecule has 0 saturated heterocycles. The van der Waals surface area contributed by atoms with Crippen LogP contribution >= 0.6 is 11.6 Å². The summed E-state index contributed by atoms with van der Waals surface area (Å²) >= 11 is 6.01. The Morgan fingerprint density at radius 3 is 2.50 bits per heavy atom. The number of nitrogens with one attached hydrogen (secondary N) is 1. The van der Waals surface area contributed by atoms with Gasteiger partial charge in [0.2, 0.25) is 5.91 Å². The van der Waals surface area contributed by atoms with E-state index in [-0.39, 0.29) is 28.6 Å². The first-order valence-electron chi connectivity index (χ1n) is 9.87. The Bertz CT molecular complexity index is 1240. The quantitative estimate of drug-likeness (QED) is 0.513. The topological polar surface area (TPSA) is 109 Å². The number of hydrogen-bond acceptors (Lipinski definition) is 4. The number of aromatic nitrogens is 1. The second kappa shape index (κ2) is 9.00. The highest BCUT2D eigenvalue weighted by Crippen LogP contribution is 2.37. The summed E-state index contributed by atoms with van der Waals surface area (Å²) < 4.78 is 16.3. The first-order valence-corrected chi connectivity index (χ1v) is 10.3. The van der Waals surface area contributed by atoms with Crippen LogP contribution in [0.2, 0.25) is 5.02 Å². The number of carbonyl (C=O) groups is 3. The van der Waals surface area contributed by atoms with Gasteiger partial charge in [0.15, 0.2) is 11.6 Å². The summed E-state index contributed by atoms with van der Waals surface area (Å²) in [6, 6.07) is 8.83. The molecule has 0 bridgehead atoms. The van der Waals surface area contributed by atoms with Crippen molar-refractivity contribution < 1.29 is 29.0 Å². The van der Waals surface area contributed by atoms with Crippen molar-refractivity contribution in [2.24, 2.45) is 5.92 Å². The average Bonchev–Trinajstić information content (AvgIpc) is 3.05. The molecule has 2 atom stereocenters. The maximum absolute atomic E-state index is 15.0. The predicted molar refractivity (Wildman–Crippen MR) is 118 cm³/mol. The van der Waals surface area contributed by atoms with Gasteiger partial charge in [-0.25, -0.2) is 4.39 Å². The highest BCUT2D eigenvalue weighted by Gasteiger charge is 2.29. The van der Waals surface area contributed by atoms with E-state index in [0.29, 0.717) is 10.7 Å². The standard InChI is InChI=1S/C23H22ClFN2O5/c1-11(23(31)32)10-26-21(29)12(2)18-13(3)27(16-7-8-17(28)20(25)19(16)18)22(30)14-5-4-6-15(24)9-14/h4-9,11-12,28H,10H2,1-3H3,(H,26,29)(H,31,32)/t11?,12-/m0/s1. The molecule has 1 heterocycles. The molecule has 2 aromatic carbocycles. The third-order valence-corrected chi connectivity index (χ3v) is 5.68. The lowest BCUT2D eigenvalue weighted by Gasteiger charge is -2.15. The Morgan fingerprint density at radius 2 is 1.88 bits per heavy atom. The number of halogens is 2. The van der Waals surface area contributed by atoms with Crippen LogP contribution in [0.1, 0.15) is 41.4 Å². The number of rotatable bonds is 6. The normalized spacial score (nSPS) is 13.0. The zero-order valence-electron chi connectivity index (χ0n) is 17.6. The number of benzene rings is 2. The van der Waals surface area contributed by atoms with Gasteiger partial charge in [0.1, 0.15) is 0 Å². The van der Waals surface area contributed by atoms with Crippen molar-refractivity contribution in [1.29, 1.82) is 0 Å². The Hall–Kier alpha value is -3.39. The molecule has 1 aromatic heterocycles. The van der Waals surface area contributed by atoms with Crippen molar-refractivity contribution in [2.45, 2.75) is 26.7 Å². The lowest BCUT2D eigenvalue weighted by Crippen LogP contribution is -2.34. The molecule has 0 aliphatic carbocycles. The summed E-state index contributed by atoms with van der Waals surface area (Å²) in [6.07, 6.45) is 0. The van der Waals surface area contributed by atoms with E-state index >= 15 is 4.39 Å².